The third-order valence-corrected chi connectivity index (χ3v) is 25.2. The van der Waals surface area contributed by atoms with Gasteiger partial charge < -0.3 is 18.9 Å². The molecule has 0 saturated carbocycles. The third kappa shape index (κ3) is 12.5. The lowest BCUT2D eigenvalue weighted by atomic mass is 9.33. The Hall–Kier alpha value is -14.0. The van der Waals surface area contributed by atoms with Crippen LogP contribution in [0.2, 0.25) is 0 Å². The van der Waals surface area contributed by atoms with E-state index in [-0.39, 0.29) is 23.0 Å². The number of aromatic nitrogens is 2. The van der Waals surface area contributed by atoms with E-state index >= 15 is 0 Å². The first-order chi connectivity index (χ1) is 57.9. The highest BCUT2D eigenvalue weighted by Crippen LogP contribution is 2.56. The molecule has 0 N–H and O–H groups in total. The Labute approximate surface area is 699 Å². The molecule has 5 heteroatoms. The zero-order valence-electron chi connectivity index (χ0n) is 68.8. The van der Waals surface area contributed by atoms with Crippen molar-refractivity contribution in [2.75, 3.05) is 9.80 Å². The van der Waals surface area contributed by atoms with E-state index in [2.05, 4.69) is 469 Å². The molecular formula is C114H91BN4. The molecule has 0 aliphatic carbocycles. The minimum absolute atomic E-state index is 0.0267. The Morgan fingerprint density at radius 2 is 0.496 bits per heavy atom. The molecule has 0 spiro atoms. The van der Waals surface area contributed by atoms with E-state index in [0.29, 0.717) is 0 Å². The Bertz CT molecular complexity index is 6990. The van der Waals surface area contributed by atoms with Crippen LogP contribution in [0, 0.1) is 0 Å². The summed E-state index contributed by atoms with van der Waals surface area (Å²) in [6.07, 6.45) is 0. The second kappa shape index (κ2) is 28.4. The van der Waals surface area contributed by atoms with Gasteiger partial charge in [-0.3, -0.25) is 0 Å². The zero-order chi connectivity index (χ0) is 80.6. The Morgan fingerprint density at radius 1 is 0.202 bits per heavy atom. The number of hydrogen-bond donors (Lipinski definition) is 0. The van der Waals surface area contributed by atoms with Crippen molar-refractivity contribution < 1.29 is 0 Å². The summed E-state index contributed by atoms with van der Waals surface area (Å²) < 4.78 is 4.93. The third-order valence-electron chi connectivity index (χ3n) is 25.2. The van der Waals surface area contributed by atoms with E-state index in [4.69, 9.17) is 0 Å². The summed E-state index contributed by atoms with van der Waals surface area (Å²) in [6, 6.07) is 148. The van der Waals surface area contributed by atoms with Crippen LogP contribution in [0.5, 0.6) is 0 Å². The number of benzene rings is 17. The molecule has 0 fully saturated rings. The van der Waals surface area contributed by atoms with Crippen LogP contribution in [0.1, 0.15) is 79.0 Å². The predicted molar refractivity (Wildman–Crippen MR) is 509 cm³/mol. The van der Waals surface area contributed by atoms with Gasteiger partial charge in [0.25, 0.3) is 6.71 Å². The van der Waals surface area contributed by atoms with Crippen LogP contribution in [0.15, 0.2) is 388 Å². The van der Waals surface area contributed by atoms with E-state index in [1.54, 1.807) is 0 Å². The van der Waals surface area contributed by atoms with Crippen molar-refractivity contribution in [2.24, 2.45) is 0 Å². The lowest BCUT2D eigenvalue weighted by Crippen LogP contribution is -2.61. The molecule has 19 aromatic rings. The molecule has 0 amide bonds. The summed E-state index contributed by atoms with van der Waals surface area (Å²) >= 11 is 0. The van der Waals surface area contributed by atoms with E-state index in [1.165, 1.54) is 60.1 Å². The lowest BCUT2D eigenvalue weighted by molar-refractivity contribution is 0.590. The van der Waals surface area contributed by atoms with Gasteiger partial charge in [0.1, 0.15) is 0 Å². The van der Waals surface area contributed by atoms with Crippen molar-refractivity contribution in [3.8, 4) is 100 Å². The number of anilines is 6. The molecule has 0 bridgehead atoms. The van der Waals surface area contributed by atoms with E-state index < -0.39 is 0 Å². The number of hydrogen-bond acceptors (Lipinski definition) is 2. The molecule has 17 aromatic carbocycles. The van der Waals surface area contributed by atoms with Crippen LogP contribution < -0.4 is 26.2 Å². The summed E-state index contributed by atoms with van der Waals surface area (Å²) in [4.78, 5) is 5.46. The highest BCUT2D eigenvalue weighted by molar-refractivity contribution is 7.00. The maximum absolute atomic E-state index is 2.73. The summed E-state index contributed by atoms with van der Waals surface area (Å²) in [5, 5.41) is 4.85. The maximum atomic E-state index is 2.73. The normalized spacial score (nSPS) is 12.7. The molecule has 0 saturated heterocycles. The summed E-state index contributed by atoms with van der Waals surface area (Å²) in [6.45, 7) is 20.5. The summed E-state index contributed by atoms with van der Waals surface area (Å²) in [7, 11) is 0. The van der Waals surface area contributed by atoms with Gasteiger partial charge >= 0.3 is 0 Å². The number of rotatable bonds is 12. The highest BCUT2D eigenvalue weighted by atomic mass is 15.2. The first-order valence-electron chi connectivity index (χ1n) is 42.0. The topological polar surface area (TPSA) is 16.3 Å². The van der Waals surface area contributed by atoms with Crippen LogP contribution >= 0.6 is 0 Å². The SMILES string of the molecule is CC(C)(C)c1ccc(-c2cc(-c3ccccc3)c(N3c4cc(-c5ccc6c(c5)c5ccccc5n6-c5ccccc5)ccc4B4c5ccc(-n6c7ccccc7c7ccccc76)cc5N(c5c(-c6ccccc6)cc(-c6ccc(C(C)(C)C)cc6)cc5-c5ccccc5)c5cc(-c6ccc(C(C)(C)C)cc6)cc3c54)c(-c3ccccc3)c2)cc1. The summed E-state index contributed by atoms with van der Waals surface area (Å²) in [5.74, 6) is 0. The van der Waals surface area contributed by atoms with Gasteiger partial charge in [0.05, 0.1) is 33.4 Å². The van der Waals surface area contributed by atoms with Crippen LogP contribution in [0.4, 0.5) is 34.1 Å². The molecule has 21 rings (SSSR count). The van der Waals surface area contributed by atoms with Crippen LogP contribution in [-0.2, 0) is 16.2 Å². The molecule has 0 radical (unpaired) electrons. The molecule has 4 nitrogen and oxygen atoms in total. The van der Waals surface area contributed by atoms with Crippen molar-refractivity contribution in [1.82, 2.24) is 9.13 Å². The molecule has 570 valence electrons. The van der Waals surface area contributed by atoms with Crippen molar-refractivity contribution in [3.63, 3.8) is 0 Å². The minimum atomic E-state index is -0.302. The van der Waals surface area contributed by atoms with Crippen LogP contribution in [-0.4, -0.2) is 15.8 Å². The number of para-hydroxylation sites is 4. The highest BCUT2D eigenvalue weighted by Gasteiger charge is 2.46. The van der Waals surface area contributed by atoms with E-state index in [1.807, 2.05) is 0 Å². The largest absolute Gasteiger partial charge is 0.310 e. The molecule has 2 aliphatic heterocycles. The average molecular weight is 1530 g/mol. The van der Waals surface area contributed by atoms with Crippen molar-refractivity contribution in [2.45, 2.75) is 78.6 Å². The predicted octanol–water partition coefficient (Wildman–Crippen LogP) is 29.2. The fraction of sp³-hybridized carbons (Fsp3) is 0.105. The molecule has 2 aromatic heterocycles. The molecule has 4 heterocycles. The van der Waals surface area contributed by atoms with Crippen LogP contribution in [0.3, 0.4) is 0 Å². The van der Waals surface area contributed by atoms with E-state index in [9.17, 15) is 0 Å². The molecule has 119 heavy (non-hydrogen) atoms. The first kappa shape index (κ1) is 72.7. The Morgan fingerprint density at radius 3 is 0.891 bits per heavy atom. The van der Waals surface area contributed by atoms with Gasteiger partial charge in [-0.25, -0.2) is 0 Å². The Kier molecular flexibility index (Phi) is 17.4. The van der Waals surface area contributed by atoms with Gasteiger partial charge in [0, 0.05) is 77.9 Å². The minimum Gasteiger partial charge on any atom is -0.310 e. The number of fused-ring (bicyclic) bond motifs is 10. The first-order valence-corrected chi connectivity index (χ1v) is 42.0. The quantitative estimate of drug-likeness (QED) is 0.113. The second-order valence-electron chi connectivity index (χ2n) is 35.6. The molecular weight excluding hydrogens is 1440 g/mol. The smallest absolute Gasteiger partial charge is 0.252 e. The van der Waals surface area contributed by atoms with Gasteiger partial charge in [-0.05, 0) is 213 Å². The fourth-order valence-corrected chi connectivity index (χ4v) is 19.1. The molecule has 2 aliphatic rings. The monoisotopic (exact) mass is 1530 g/mol. The second-order valence-corrected chi connectivity index (χ2v) is 35.6. The summed E-state index contributed by atoms with van der Waals surface area (Å²) in [5.41, 5.74) is 38.8. The van der Waals surface area contributed by atoms with Crippen molar-refractivity contribution in [3.05, 3.63) is 405 Å². The van der Waals surface area contributed by atoms with E-state index in [0.717, 1.165) is 151 Å². The molecule has 0 unspecified atom stereocenters. The standard InChI is InChI=1S/C114H91BN4/c1-112(2,3)86-55-47-74(48-56-86)83-66-94(77-31-15-10-16-32-77)110(95(67-83)78-33-17-11-18-34-78)118-105-70-82(81-54-64-104-98(65-81)93-43-27-30-46-103(93)116(104)89-39-23-14-24-40-89)53-62-99(105)115-100-63-61-90(117-101-44-28-25-41-91(101)92-42-26-29-45-102(92)117)73-106(100)119(108-72-85(71-107(118)109(108)115)76-51-59-88(60-52-76)114(7,8)9)111-96(79-35-19-12-20-36-79)68-84(69-97(111)80-37-21-13-22-38-80)75-49-57-87(58-50-75)113(4,5)6/h10-73H,1-9H3. The van der Waals surface area contributed by atoms with Crippen molar-refractivity contribution >= 4 is 101 Å². The maximum Gasteiger partial charge on any atom is 0.252 e. The fourth-order valence-electron chi connectivity index (χ4n) is 19.1. The van der Waals surface area contributed by atoms with Crippen LogP contribution in [0.25, 0.3) is 144 Å². The lowest BCUT2D eigenvalue weighted by Gasteiger charge is -2.46. The van der Waals surface area contributed by atoms with Gasteiger partial charge in [0.15, 0.2) is 0 Å². The van der Waals surface area contributed by atoms with Crippen molar-refractivity contribution in [1.29, 1.82) is 0 Å². The van der Waals surface area contributed by atoms with Gasteiger partial charge in [-0.1, -0.05) is 353 Å². The Balaban J connectivity index is 0.928. The van der Waals surface area contributed by atoms with Gasteiger partial charge in [-0.15, -0.1) is 0 Å². The molecule has 0 atom stereocenters. The van der Waals surface area contributed by atoms with Gasteiger partial charge in [0.2, 0.25) is 0 Å². The average Bonchev–Trinajstić information content (AvgIpc) is 1.08. The zero-order valence-corrected chi connectivity index (χ0v) is 68.8. The number of nitrogens with zero attached hydrogens (tertiary/aromatic N) is 4. The van der Waals surface area contributed by atoms with Gasteiger partial charge in [-0.2, -0.15) is 0 Å².